The molecule has 1 aromatic heterocycles. The first-order chi connectivity index (χ1) is 16.1. The van der Waals surface area contributed by atoms with Crippen molar-refractivity contribution < 1.29 is 24.1 Å². The second-order valence-electron chi connectivity index (χ2n) is 9.00. The molecule has 34 heavy (non-hydrogen) atoms. The second-order valence-corrected chi connectivity index (χ2v) is 9.41. The van der Waals surface area contributed by atoms with Gasteiger partial charge in [0.2, 0.25) is 5.43 Å². The highest BCUT2D eigenvalue weighted by Crippen LogP contribution is 2.34. The number of hydrogen-bond donors (Lipinski definition) is 2. The third-order valence-electron chi connectivity index (χ3n) is 5.58. The van der Waals surface area contributed by atoms with Gasteiger partial charge in [0.05, 0.1) is 34.7 Å². The van der Waals surface area contributed by atoms with E-state index >= 15 is 0 Å². The number of fused-ring (bicyclic) bond motifs is 1. The molecule has 8 heteroatoms. The summed E-state index contributed by atoms with van der Waals surface area (Å²) in [5.41, 5.74) is -0.539. The predicted molar refractivity (Wildman–Crippen MR) is 131 cm³/mol. The number of rotatable bonds is 9. The number of aromatic carboxylic acids is 1. The molecule has 6 nitrogen and oxygen atoms in total. The van der Waals surface area contributed by atoms with E-state index in [1.54, 1.807) is 28.8 Å². The Hall–Kier alpha value is -2.90. The lowest BCUT2D eigenvalue weighted by Crippen LogP contribution is -2.29. The molecule has 3 rings (SSSR count). The van der Waals surface area contributed by atoms with Gasteiger partial charge in [0.25, 0.3) is 0 Å². The van der Waals surface area contributed by atoms with Crippen LogP contribution < -0.4 is 10.2 Å². The van der Waals surface area contributed by atoms with Crippen LogP contribution in [0.1, 0.15) is 61.8 Å². The molecular formula is C26H29ClFNO5. The van der Waals surface area contributed by atoms with Crippen LogP contribution in [-0.2, 0) is 6.42 Å². The van der Waals surface area contributed by atoms with Crippen molar-refractivity contribution >= 4 is 28.5 Å². The first-order valence-corrected chi connectivity index (χ1v) is 11.6. The van der Waals surface area contributed by atoms with Crippen molar-refractivity contribution in [3.63, 3.8) is 0 Å². The minimum Gasteiger partial charge on any atom is -0.489 e. The van der Waals surface area contributed by atoms with E-state index in [9.17, 15) is 24.2 Å². The molecule has 0 saturated carbocycles. The number of benzene rings is 2. The summed E-state index contributed by atoms with van der Waals surface area (Å²) >= 11 is 5.97. The van der Waals surface area contributed by atoms with Crippen molar-refractivity contribution in [3.8, 4) is 5.75 Å². The number of carbonyl (C=O) groups is 1. The molecule has 0 amide bonds. The number of hydrogen-bond acceptors (Lipinski definition) is 4. The lowest BCUT2D eigenvalue weighted by atomic mass is 9.97. The summed E-state index contributed by atoms with van der Waals surface area (Å²) in [6.07, 6.45) is 0.0677. The van der Waals surface area contributed by atoms with Crippen molar-refractivity contribution in [2.24, 2.45) is 5.92 Å². The topological polar surface area (TPSA) is 88.8 Å². The van der Waals surface area contributed by atoms with Gasteiger partial charge in [-0.05, 0) is 49.9 Å². The Kier molecular flexibility index (Phi) is 8.00. The number of carboxylic acids is 1. The fraction of sp³-hybridized carbons (Fsp3) is 0.385. The molecule has 0 saturated heterocycles. The molecule has 0 spiro atoms. The van der Waals surface area contributed by atoms with Crippen LogP contribution in [0.5, 0.6) is 5.75 Å². The Labute approximate surface area is 202 Å². The van der Waals surface area contributed by atoms with Crippen molar-refractivity contribution in [3.05, 3.63) is 74.3 Å². The Morgan fingerprint density at radius 3 is 2.41 bits per heavy atom. The highest BCUT2D eigenvalue weighted by atomic mass is 35.5. The molecule has 2 aromatic carbocycles. The van der Waals surface area contributed by atoms with E-state index in [0.29, 0.717) is 17.7 Å². The fourth-order valence-corrected chi connectivity index (χ4v) is 4.49. The number of aromatic nitrogens is 1. The Balaban J connectivity index is 2.51. The molecule has 0 aliphatic carbocycles. The molecule has 2 N–H and O–H groups in total. The van der Waals surface area contributed by atoms with Crippen molar-refractivity contribution in [2.75, 3.05) is 6.61 Å². The van der Waals surface area contributed by atoms with Crippen LogP contribution in [-0.4, -0.2) is 33.5 Å². The lowest BCUT2D eigenvalue weighted by Gasteiger charge is -2.29. The molecule has 0 bridgehead atoms. The van der Waals surface area contributed by atoms with Crippen molar-refractivity contribution in [1.29, 1.82) is 0 Å². The average molecular weight is 490 g/mol. The van der Waals surface area contributed by atoms with Gasteiger partial charge in [-0.15, -0.1) is 0 Å². The van der Waals surface area contributed by atoms with Gasteiger partial charge in [-0.2, -0.15) is 0 Å². The number of halogens is 2. The maximum Gasteiger partial charge on any atom is 0.341 e. The SMILES string of the molecule is CC(C)CC(CO)n1c(Cc2cccc(Cl)c2F)c(C(=O)O)c(=O)c2cccc(OC(C)C)c21. The predicted octanol–water partition coefficient (Wildman–Crippen LogP) is 5.45. The maximum atomic E-state index is 14.9. The third-order valence-corrected chi connectivity index (χ3v) is 5.87. The minimum absolute atomic E-state index is 0.0886. The van der Waals surface area contributed by atoms with Gasteiger partial charge >= 0.3 is 5.97 Å². The molecule has 1 unspecified atom stereocenters. The Bertz CT molecular complexity index is 1270. The van der Waals surface area contributed by atoms with E-state index in [2.05, 4.69) is 0 Å². The molecule has 0 aliphatic heterocycles. The van der Waals surface area contributed by atoms with E-state index in [1.165, 1.54) is 12.1 Å². The Morgan fingerprint density at radius 1 is 1.15 bits per heavy atom. The summed E-state index contributed by atoms with van der Waals surface area (Å²) < 4.78 is 22.5. The number of nitrogens with zero attached hydrogens (tertiary/aromatic N) is 1. The summed E-state index contributed by atoms with van der Waals surface area (Å²) in [7, 11) is 0. The third kappa shape index (κ3) is 5.10. The molecular weight excluding hydrogens is 461 g/mol. The van der Waals surface area contributed by atoms with Crippen LogP contribution in [0.15, 0.2) is 41.2 Å². The molecule has 0 aliphatic rings. The van der Waals surface area contributed by atoms with E-state index in [4.69, 9.17) is 16.3 Å². The molecule has 0 radical (unpaired) electrons. The van der Waals surface area contributed by atoms with Crippen LogP contribution in [0.2, 0.25) is 5.02 Å². The number of ether oxygens (including phenoxy) is 1. The van der Waals surface area contributed by atoms with Crippen molar-refractivity contribution in [2.45, 2.75) is 52.7 Å². The van der Waals surface area contributed by atoms with E-state index < -0.39 is 28.8 Å². The standard InChI is InChI=1S/C26H29ClFNO5/c1-14(2)11-17(13-30)29-20(12-16-7-5-9-19(27)23(16)28)22(26(32)33)25(31)18-8-6-10-21(24(18)29)34-15(3)4/h5-10,14-15,17,30H,11-13H2,1-4H3,(H,32,33). The summed E-state index contributed by atoms with van der Waals surface area (Å²) in [5, 5.41) is 20.5. The maximum absolute atomic E-state index is 14.9. The number of pyridine rings is 1. The van der Waals surface area contributed by atoms with E-state index in [0.717, 1.165) is 0 Å². The quantitative estimate of drug-likeness (QED) is 0.417. The first-order valence-electron chi connectivity index (χ1n) is 11.2. The fourth-order valence-electron chi connectivity index (χ4n) is 4.29. The monoisotopic (exact) mass is 489 g/mol. The van der Waals surface area contributed by atoms with Crippen LogP contribution in [0.3, 0.4) is 0 Å². The number of aliphatic hydroxyl groups excluding tert-OH is 1. The van der Waals surface area contributed by atoms with Crippen LogP contribution in [0, 0.1) is 11.7 Å². The van der Waals surface area contributed by atoms with E-state index in [1.807, 2.05) is 27.7 Å². The minimum atomic E-state index is -1.42. The average Bonchev–Trinajstić information content (AvgIpc) is 2.75. The lowest BCUT2D eigenvalue weighted by molar-refractivity contribution is 0.0692. The molecule has 3 aromatic rings. The van der Waals surface area contributed by atoms with Gasteiger partial charge in [-0.1, -0.05) is 43.6 Å². The molecule has 182 valence electrons. The highest BCUT2D eigenvalue weighted by molar-refractivity contribution is 6.30. The zero-order valence-corrected chi connectivity index (χ0v) is 20.4. The Morgan fingerprint density at radius 2 is 1.82 bits per heavy atom. The van der Waals surface area contributed by atoms with Crippen molar-refractivity contribution in [1.82, 2.24) is 4.57 Å². The number of aliphatic hydroxyl groups is 1. The van der Waals surface area contributed by atoms with Crippen LogP contribution in [0.25, 0.3) is 10.9 Å². The van der Waals surface area contributed by atoms with Gasteiger partial charge in [0.1, 0.15) is 17.1 Å². The zero-order chi connectivity index (χ0) is 25.2. The summed E-state index contributed by atoms with van der Waals surface area (Å²) in [6.45, 7) is 7.33. The summed E-state index contributed by atoms with van der Waals surface area (Å²) in [4.78, 5) is 25.8. The smallest absolute Gasteiger partial charge is 0.341 e. The first kappa shape index (κ1) is 25.7. The van der Waals surface area contributed by atoms with Crippen LogP contribution >= 0.6 is 11.6 Å². The van der Waals surface area contributed by atoms with E-state index in [-0.39, 0.29) is 46.7 Å². The van der Waals surface area contributed by atoms with Gasteiger partial charge < -0.3 is 19.5 Å². The summed E-state index contributed by atoms with van der Waals surface area (Å²) in [6, 6.07) is 8.76. The van der Waals surface area contributed by atoms with Gasteiger partial charge in [0.15, 0.2) is 0 Å². The molecule has 0 fully saturated rings. The highest BCUT2D eigenvalue weighted by Gasteiger charge is 2.28. The van der Waals surface area contributed by atoms with Gasteiger partial charge in [-0.3, -0.25) is 4.79 Å². The molecule has 1 atom stereocenters. The largest absolute Gasteiger partial charge is 0.489 e. The molecule has 1 heterocycles. The zero-order valence-electron chi connectivity index (χ0n) is 19.6. The van der Waals surface area contributed by atoms with Crippen LogP contribution in [0.4, 0.5) is 4.39 Å². The van der Waals surface area contributed by atoms with Gasteiger partial charge in [0, 0.05) is 12.1 Å². The normalized spacial score (nSPS) is 12.5. The second kappa shape index (κ2) is 10.6. The number of para-hydroxylation sites is 1. The van der Waals surface area contributed by atoms with Gasteiger partial charge in [-0.25, -0.2) is 9.18 Å². The number of carboxylic acid groups (broad SMARTS) is 1. The summed E-state index contributed by atoms with van der Waals surface area (Å²) in [5.74, 6) is -1.57.